The maximum atomic E-state index is 12.8. The number of rotatable bonds is 2. The van der Waals surface area contributed by atoms with Gasteiger partial charge in [-0.3, -0.25) is 4.90 Å². The van der Waals surface area contributed by atoms with E-state index in [0.717, 1.165) is 17.9 Å². The zero-order valence-electron chi connectivity index (χ0n) is 9.09. The molecule has 0 radical (unpaired) electrons. The standard InChI is InChI=1S/C10H17F3N2S/c11-10(12,13)9-5-14-2-3-15(9)6-8-1-4-16-7-8/h8-9,14H,1-7H2. The molecule has 2 fully saturated rings. The molecule has 1 N–H and O–H groups in total. The number of nitrogens with one attached hydrogen (secondary N) is 1. The molecule has 0 spiro atoms. The Balaban J connectivity index is 1.93. The zero-order chi connectivity index (χ0) is 11.6. The lowest BCUT2D eigenvalue weighted by atomic mass is 10.1. The van der Waals surface area contributed by atoms with E-state index in [1.807, 2.05) is 11.8 Å². The maximum absolute atomic E-state index is 12.8. The predicted octanol–water partition coefficient (Wildman–Crippen LogP) is 1.58. The topological polar surface area (TPSA) is 15.3 Å². The third-order valence-electron chi connectivity index (χ3n) is 3.25. The van der Waals surface area contributed by atoms with E-state index in [2.05, 4.69) is 5.32 Å². The molecule has 2 nitrogen and oxygen atoms in total. The fourth-order valence-corrected chi connectivity index (χ4v) is 3.62. The van der Waals surface area contributed by atoms with E-state index < -0.39 is 12.2 Å². The first-order valence-corrected chi connectivity index (χ1v) is 6.82. The summed E-state index contributed by atoms with van der Waals surface area (Å²) in [4.78, 5) is 1.62. The van der Waals surface area contributed by atoms with Crippen LogP contribution in [0, 0.1) is 5.92 Å². The van der Waals surface area contributed by atoms with Crippen LogP contribution in [0.4, 0.5) is 13.2 Å². The van der Waals surface area contributed by atoms with E-state index in [1.54, 1.807) is 4.90 Å². The van der Waals surface area contributed by atoms with E-state index in [1.165, 1.54) is 0 Å². The monoisotopic (exact) mass is 254 g/mol. The first-order valence-electron chi connectivity index (χ1n) is 5.66. The molecule has 2 atom stereocenters. The van der Waals surface area contributed by atoms with Crippen LogP contribution in [0.3, 0.4) is 0 Å². The number of nitrogens with zero attached hydrogens (tertiary/aromatic N) is 1. The summed E-state index contributed by atoms with van der Waals surface area (Å²) in [5.41, 5.74) is 0. The lowest BCUT2D eigenvalue weighted by Crippen LogP contribution is -2.58. The molecule has 0 aliphatic carbocycles. The maximum Gasteiger partial charge on any atom is 0.405 e. The molecule has 2 aliphatic heterocycles. The van der Waals surface area contributed by atoms with Gasteiger partial charge in [-0.05, 0) is 23.8 Å². The molecule has 0 aromatic heterocycles. The van der Waals surface area contributed by atoms with Crippen LogP contribution < -0.4 is 5.32 Å². The van der Waals surface area contributed by atoms with Gasteiger partial charge in [-0.15, -0.1) is 0 Å². The van der Waals surface area contributed by atoms with Crippen LogP contribution in [0.5, 0.6) is 0 Å². The SMILES string of the molecule is FC(F)(F)C1CNCCN1CC1CCSC1. The number of alkyl halides is 3. The summed E-state index contributed by atoms with van der Waals surface area (Å²) in [5, 5.41) is 2.83. The van der Waals surface area contributed by atoms with Crippen LogP contribution >= 0.6 is 11.8 Å². The summed E-state index contributed by atoms with van der Waals surface area (Å²) in [7, 11) is 0. The molecular formula is C10H17F3N2S. The van der Waals surface area contributed by atoms with Crippen LogP contribution in [-0.2, 0) is 0 Å². The quantitative estimate of drug-likeness (QED) is 0.805. The van der Waals surface area contributed by atoms with Crippen molar-refractivity contribution in [1.29, 1.82) is 0 Å². The zero-order valence-corrected chi connectivity index (χ0v) is 9.91. The first kappa shape index (κ1) is 12.5. The molecule has 2 saturated heterocycles. The largest absolute Gasteiger partial charge is 0.405 e. The number of thioether (sulfide) groups is 1. The van der Waals surface area contributed by atoms with Gasteiger partial charge in [0.1, 0.15) is 6.04 Å². The fourth-order valence-electron chi connectivity index (χ4n) is 2.35. The smallest absolute Gasteiger partial charge is 0.314 e. The minimum absolute atomic E-state index is 0.0450. The van der Waals surface area contributed by atoms with Crippen molar-refractivity contribution in [2.24, 2.45) is 5.92 Å². The molecule has 6 heteroatoms. The van der Waals surface area contributed by atoms with Gasteiger partial charge < -0.3 is 5.32 Å². The second-order valence-corrected chi connectivity index (χ2v) is 5.64. The highest BCUT2D eigenvalue weighted by molar-refractivity contribution is 7.99. The van der Waals surface area contributed by atoms with Crippen molar-refractivity contribution in [3.05, 3.63) is 0 Å². The highest BCUT2D eigenvalue weighted by atomic mass is 32.2. The van der Waals surface area contributed by atoms with Crippen molar-refractivity contribution in [3.63, 3.8) is 0 Å². The lowest BCUT2D eigenvalue weighted by molar-refractivity contribution is -0.188. The number of hydrogen-bond donors (Lipinski definition) is 1. The minimum Gasteiger partial charge on any atom is -0.314 e. The average molecular weight is 254 g/mol. The number of piperazine rings is 1. The van der Waals surface area contributed by atoms with E-state index >= 15 is 0 Å². The number of hydrogen-bond acceptors (Lipinski definition) is 3. The van der Waals surface area contributed by atoms with Gasteiger partial charge in [-0.2, -0.15) is 24.9 Å². The van der Waals surface area contributed by atoms with E-state index in [-0.39, 0.29) is 6.54 Å². The summed E-state index contributed by atoms with van der Waals surface area (Å²) < 4.78 is 38.3. The van der Waals surface area contributed by atoms with E-state index in [9.17, 15) is 13.2 Å². The Hall–Kier alpha value is 0.0600. The molecule has 0 bridgehead atoms. The molecule has 2 heterocycles. The minimum atomic E-state index is -4.10. The van der Waals surface area contributed by atoms with Crippen molar-refractivity contribution >= 4 is 11.8 Å². The molecule has 2 rings (SSSR count). The molecule has 0 amide bonds. The van der Waals surface area contributed by atoms with Gasteiger partial charge in [0.25, 0.3) is 0 Å². The fraction of sp³-hybridized carbons (Fsp3) is 1.00. The van der Waals surface area contributed by atoms with Gasteiger partial charge >= 0.3 is 6.18 Å². The van der Waals surface area contributed by atoms with Gasteiger partial charge in [-0.25, -0.2) is 0 Å². The number of halogens is 3. The molecule has 0 saturated carbocycles. The normalized spacial score (nSPS) is 33.2. The summed E-state index contributed by atoms with van der Waals surface area (Å²) in [6.07, 6.45) is -3.03. The van der Waals surface area contributed by atoms with Gasteiger partial charge in [0.15, 0.2) is 0 Å². The van der Waals surface area contributed by atoms with Gasteiger partial charge in [0.05, 0.1) is 0 Å². The van der Waals surface area contributed by atoms with Gasteiger partial charge in [0.2, 0.25) is 0 Å². The third-order valence-corrected chi connectivity index (χ3v) is 4.48. The van der Waals surface area contributed by atoms with E-state index in [4.69, 9.17) is 0 Å². The second kappa shape index (κ2) is 5.14. The van der Waals surface area contributed by atoms with E-state index in [0.29, 0.717) is 25.6 Å². The third kappa shape index (κ3) is 3.05. The summed E-state index contributed by atoms with van der Waals surface area (Å²) in [6.45, 7) is 1.85. The molecule has 94 valence electrons. The molecule has 0 aromatic carbocycles. The molecule has 16 heavy (non-hydrogen) atoms. The summed E-state index contributed by atoms with van der Waals surface area (Å²) in [6, 6.07) is -1.29. The Kier molecular flexibility index (Phi) is 4.02. The van der Waals surface area contributed by atoms with Gasteiger partial charge in [0, 0.05) is 26.2 Å². The van der Waals surface area contributed by atoms with Crippen LogP contribution in [-0.4, -0.2) is 54.8 Å². The molecule has 0 aromatic rings. The lowest BCUT2D eigenvalue weighted by Gasteiger charge is -2.38. The Morgan fingerprint density at radius 2 is 2.19 bits per heavy atom. The van der Waals surface area contributed by atoms with Crippen molar-refractivity contribution in [2.45, 2.75) is 18.6 Å². The van der Waals surface area contributed by atoms with Crippen LogP contribution in [0.15, 0.2) is 0 Å². The summed E-state index contributed by atoms with van der Waals surface area (Å²) in [5.74, 6) is 2.58. The van der Waals surface area contributed by atoms with Crippen molar-refractivity contribution in [3.8, 4) is 0 Å². The first-order chi connectivity index (χ1) is 7.57. The van der Waals surface area contributed by atoms with Crippen molar-refractivity contribution in [2.75, 3.05) is 37.7 Å². The highest BCUT2D eigenvalue weighted by Crippen LogP contribution is 2.29. The Morgan fingerprint density at radius 1 is 1.38 bits per heavy atom. The van der Waals surface area contributed by atoms with Gasteiger partial charge in [-0.1, -0.05) is 0 Å². The second-order valence-electron chi connectivity index (χ2n) is 4.49. The van der Waals surface area contributed by atoms with Crippen LogP contribution in [0.1, 0.15) is 6.42 Å². The van der Waals surface area contributed by atoms with Crippen LogP contribution in [0.25, 0.3) is 0 Å². The molecule has 2 unspecified atom stereocenters. The molecular weight excluding hydrogens is 237 g/mol. The Bertz CT molecular complexity index is 229. The Labute approximate surface area is 97.9 Å². The molecule has 2 aliphatic rings. The average Bonchev–Trinajstić information content (AvgIpc) is 2.70. The highest BCUT2D eigenvalue weighted by Gasteiger charge is 2.44. The van der Waals surface area contributed by atoms with Crippen molar-refractivity contribution in [1.82, 2.24) is 10.2 Å². The summed E-state index contributed by atoms with van der Waals surface area (Å²) >= 11 is 1.86. The van der Waals surface area contributed by atoms with Crippen LogP contribution in [0.2, 0.25) is 0 Å². The predicted molar refractivity (Wildman–Crippen MR) is 59.7 cm³/mol. The Morgan fingerprint density at radius 3 is 2.81 bits per heavy atom. The van der Waals surface area contributed by atoms with Crippen molar-refractivity contribution < 1.29 is 13.2 Å².